The van der Waals surface area contributed by atoms with Crippen LogP contribution in [0.5, 0.6) is 0 Å². The van der Waals surface area contributed by atoms with Gasteiger partial charge in [-0.25, -0.2) is 0 Å². The predicted octanol–water partition coefficient (Wildman–Crippen LogP) is 2.73. The zero-order chi connectivity index (χ0) is 19.2. The molecule has 0 radical (unpaired) electrons. The Morgan fingerprint density at radius 3 is 2.38 bits per heavy atom. The van der Waals surface area contributed by atoms with Gasteiger partial charge in [0.05, 0.1) is 18.4 Å². The van der Waals surface area contributed by atoms with Gasteiger partial charge in [-0.2, -0.15) is 0 Å². The van der Waals surface area contributed by atoms with E-state index in [-0.39, 0.29) is 46.9 Å². The molecule has 6 nitrogen and oxygen atoms in total. The van der Waals surface area contributed by atoms with Crippen LogP contribution in [0.15, 0.2) is 0 Å². The number of ether oxygens (including phenoxy) is 3. The maximum atomic E-state index is 12.8. The van der Waals surface area contributed by atoms with Crippen LogP contribution >= 0.6 is 0 Å². The minimum Gasteiger partial charge on any atom is -0.465 e. The molecule has 0 aromatic rings. The van der Waals surface area contributed by atoms with Gasteiger partial charge in [-0.1, -0.05) is 27.7 Å². The minimum atomic E-state index is -0.541. The van der Waals surface area contributed by atoms with E-state index in [9.17, 15) is 14.4 Å². The largest absolute Gasteiger partial charge is 0.465 e. The summed E-state index contributed by atoms with van der Waals surface area (Å²) in [5.41, 5.74) is 0.0282. The van der Waals surface area contributed by atoms with Gasteiger partial charge in [0, 0.05) is 24.7 Å². The summed E-state index contributed by atoms with van der Waals surface area (Å²) in [6, 6.07) is 0. The van der Waals surface area contributed by atoms with E-state index in [0.29, 0.717) is 13.0 Å². The lowest BCUT2D eigenvalue weighted by molar-refractivity contribution is -0.179. The number of fused-ring (bicyclic) bond motifs is 5. The Hall–Kier alpha value is -1.59. The highest BCUT2D eigenvalue weighted by molar-refractivity contribution is 5.77. The summed E-state index contributed by atoms with van der Waals surface area (Å²) in [5, 5.41) is 0. The summed E-state index contributed by atoms with van der Waals surface area (Å²) < 4.78 is 16.6. The predicted molar refractivity (Wildman–Crippen MR) is 92.8 cm³/mol. The molecule has 2 saturated carbocycles. The number of cyclic esters (lactones) is 1. The Labute approximate surface area is 154 Å². The quantitative estimate of drug-likeness (QED) is 0.550. The van der Waals surface area contributed by atoms with Gasteiger partial charge in [0.15, 0.2) is 0 Å². The van der Waals surface area contributed by atoms with Crippen molar-refractivity contribution in [1.29, 1.82) is 0 Å². The first kappa shape index (κ1) is 19.2. The summed E-state index contributed by atoms with van der Waals surface area (Å²) in [7, 11) is 0. The summed E-state index contributed by atoms with van der Waals surface area (Å²) >= 11 is 0. The van der Waals surface area contributed by atoms with Crippen LogP contribution in [0.1, 0.15) is 53.9 Å². The fraction of sp³-hybridized carbons (Fsp3) is 0.850. The van der Waals surface area contributed by atoms with E-state index in [1.54, 1.807) is 0 Å². The topological polar surface area (TPSA) is 78.9 Å². The van der Waals surface area contributed by atoms with Crippen LogP contribution in [-0.4, -0.2) is 36.7 Å². The highest BCUT2D eigenvalue weighted by Crippen LogP contribution is 2.57. The van der Waals surface area contributed by atoms with Crippen LogP contribution in [-0.2, 0) is 28.6 Å². The third-order valence-electron chi connectivity index (χ3n) is 6.11. The second kappa shape index (κ2) is 6.86. The average molecular weight is 366 g/mol. The molecule has 6 heteroatoms. The highest BCUT2D eigenvalue weighted by Gasteiger charge is 2.66. The molecule has 7 unspecified atom stereocenters. The molecule has 1 saturated heterocycles. The smallest absolute Gasteiger partial charge is 0.309 e. The van der Waals surface area contributed by atoms with Crippen molar-refractivity contribution >= 4 is 17.9 Å². The third kappa shape index (κ3) is 3.47. The molecule has 26 heavy (non-hydrogen) atoms. The van der Waals surface area contributed by atoms with Crippen molar-refractivity contribution in [2.45, 2.75) is 66.1 Å². The lowest BCUT2D eigenvalue weighted by Gasteiger charge is -2.35. The summed E-state index contributed by atoms with van der Waals surface area (Å²) in [4.78, 5) is 36.4. The van der Waals surface area contributed by atoms with Gasteiger partial charge < -0.3 is 14.2 Å². The summed E-state index contributed by atoms with van der Waals surface area (Å²) in [5.74, 6) is -1.25. The van der Waals surface area contributed by atoms with Gasteiger partial charge in [0.2, 0.25) is 0 Å². The minimum absolute atomic E-state index is 0.0249. The molecular weight excluding hydrogens is 336 g/mol. The van der Waals surface area contributed by atoms with Gasteiger partial charge in [-0.15, -0.1) is 0 Å². The van der Waals surface area contributed by atoms with Crippen molar-refractivity contribution in [1.82, 2.24) is 0 Å². The van der Waals surface area contributed by atoms with Crippen molar-refractivity contribution in [3.05, 3.63) is 0 Å². The number of esters is 3. The number of rotatable bonds is 5. The Morgan fingerprint density at radius 2 is 1.81 bits per heavy atom. The monoisotopic (exact) mass is 366 g/mol. The number of hydrogen-bond acceptors (Lipinski definition) is 6. The van der Waals surface area contributed by atoms with Crippen LogP contribution < -0.4 is 0 Å². The summed E-state index contributed by atoms with van der Waals surface area (Å²) in [6.07, 6.45) is 1.19. The molecule has 0 aromatic heterocycles. The zero-order valence-electron chi connectivity index (χ0n) is 16.3. The van der Waals surface area contributed by atoms with Crippen LogP contribution in [0.2, 0.25) is 0 Å². The molecule has 0 amide bonds. The molecule has 3 fully saturated rings. The van der Waals surface area contributed by atoms with Crippen LogP contribution in [0.4, 0.5) is 0 Å². The standard InChI is InChI=1S/C20H30O6/c1-6-11(8-20(3,4)5)18(22)26-16-12-7-13(17(16)25-10(2)21)15-14(12)9-24-19(15)23/h11-17H,6-9H2,1-5H3. The second-order valence-electron chi connectivity index (χ2n) is 9.23. The van der Waals surface area contributed by atoms with Gasteiger partial charge in [0.1, 0.15) is 12.2 Å². The molecule has 2 bridgehead atoms. The molecule has 3 rings (SSSR count). The molecule has 146 valence electrons. The fourth-order valence-electron chi connectivity index (χ4n) is 5.14. The average Bonchev–Trinajstić information content (AvgIpc) is 3.17. The van der Waals surface area contributed by atoms with Crippen molar-refractivity contribution in [2.75, 3.05) is 6.61 Å². The third-order valence-corrected chi connectivity index (χ3v) is 6.11. The number of hydrogen-bond donors (Lipinski definition) is 0. The Kier molecular flexibility index (Phi) is 5.06. The molecular formula is C20H30O6. The Balaban J connectivity index is 1.76. The Bertz CT molecular complexity index is 592. The van der Waals surface area contributed by atoms with E-state index >= 15 is 0 Å². The SMILES string of the molecule is CCC(CC(C)(C)C)C(=O)OC1C2CC(C1OC(C)=O)C1C(=O)OCC21. The molecule has 0 spiro atoms. The van der Waals surface area contributed by atoms with Crippen LogP contribution in [0, 0.1) is 35.0 Å². The first-order valence-corrected chi connectivity index (χ1v) is 9.66. The van der Waals surface area contributed by atoms with Crippen LogP contribution in [0.25, 0.3) is 0 Å². The van der Waals surface area contributed by atoms with E-state index in [1.807, 2.05) is 6.92 Å². The molecule has 1 aliphatic heterocycles. The van der Waals surface area contributed by atoms with Gasteiger partial charge in [-0.3, -0.25) is 14.4 Å². The molecule has 0 aromatic carbocycles. The van der Waals surface area contributed by atoms with Crippen molar-refractivity contribution in [3.8, 4) is 0 Å². The molecule has 2 aliphatic carbocycles. The van der Waals surface area contributed by atoms with E-state index < -0.39 is 18.2 Å². The van der Waals surface area contributed by atoms with Gasteiger partial charge >= 0.3 is 17.9 Å². The van der Waals surface area contributed by atoms with Gasteiger partial charge in [0.25, 0.3) is 0 Å². The maximum Gasteiger partial charge on any atom is 0.309 e. The Morgan fingerprint density at radius 1 is 1.15 bits per heavy atom. The zero-order valence-corrected chi connectivity index (χ0v) is 16.3. The molecule has 7 atom stereocenters. The summed E-state index contributed by atoms with van der Waals surface area (Å²) in [6.45, 7) is 10.0. The first-order valence-electron chi connectivity index (χ1n) is 9.66. The van der Waals surface area contributed by atoms with E-state index in [1.165, 1.54) is 6.92 Å². The number of carbonyl (C=O) groups is 3. The van der Waals surface area contributed by atoms with Crippen molar-refractivity contribution < 1.29 is 28.6 Å². The van der Waals surface area contributed by atoms with Gasteiger partial charge in [-0.05, 0) is 24.7 Å². The van der Waals surface area contributed by atoms with E-state index in [0.717, 1.165) is 12.8 Å². The van der Waals surface area contributed by atoms with Crippen LogP contribution in [0.3, 0.4) is 0 Å². The molecule has 0 N–H and O–H groups in total. The first-order chi connectivity index (χ1) is 12.1. The lowest BCUT2D eigenvalue weighted by atomic mass is 9.78. The normalized spacial score (nSPS) is 36.4. The maximum absolute atomic E-state index is 12.8. The number of carbonyl (C=O) groups excluding carboxylic acids is 3. The second-order valence-corrected chi connectivity index (χ2v) is 9.23. The lowest BCUT2D eigenvalue weighted by Crippen LogP contribution is -2.47. The van der Waals surface area contributed by atoms with Crippen molar-refractivity contribution in [3.63, 3.8) is 0 Å². The van der Waals surface area contributed by atoms with E-state index in [2.05, 4.69) is 20.8 Å². The fourth-order valence-corrected chi connectivity index (χ4v) is 5.14. The van der Waals surface area contributed by atoms with Crippen molar-refractivity contribution in [2.24, 2.45) is 35.0 Å². The molecule has 1 heterocycles. The highest BCUT2D eigenvalue weighted by atomic mass is 16.6. The molecule has 3 aliphatic rings. The van der Waals surface area contributed by atoms with E-state index in [4.69, 9.17) is 14.2 Å².